The topological polar surface area (TPSA) is 256 Å². The van der Waals surface area contributed by atoms with Gasteiger partial charge in [0.1, 0.15) is 12.7 Å². The zero-order valence-corrected chi connectivity index (χ0v) is 39.5. The highest BCUT2D eigenvalue weighted by Crippen LogP contribution is 2.43. The molecule has 0 aliphatic carbocycles. The Labute approximate surface area is 380 Å². The lowest BCUT2D eigenvalue weighted by Crippen LogP contribution is -2.30. The van der Waals surface area contributed by atoms with E-state index in [2.05, 4.69) is 40.3 Å². The van der Waals surface area contributed by atoms with E-state index in [1.54, 1.807) is 42.5 Å². The van der Waals surface area contributed by atoms with Crippen molar-refractivity contribution in [2.45, 2.75) is 154 Å². The molecule has 0 rings (SSSR count). The number of hydrogen-bond donors (Lipinski definition) is 7. The molecule has 64 heavy (non-hydrogen) atoms. The van der Waals surface area contributed by atoms with Crippen molar-refractivity contribution in [3.63, 3.8) is 0 Å². The summed E-state index contributed by atoms with van der Waals surface area (Å²) in [6, 6.07) is 0. The van der Waals surface area contributed by atoms with Gasteiger partial charge >= 0.3 is 27.6 Å². The molecule has 0 aromatic rings. The van der Waals surface area contributed by atoms with Crippen molar-refractivity contribution in [3.05, 3.63) is 97.2 Å². The van der Waals surface area contributed by atoms with E-state index in [9.17, 15) is 44.0 Å². The van der Waals surface area contributed by atoms with Crippen molar-refractivity contribution in [3.8, 4) is 0 Å². The first-order valence-corrected chi connectivity index (χ1v) is 25.3. The fraction of sp³-hybridized carbons (Fsp3) is 0.609. The quantitative estimate of drug-likeness (QED) is 0.0100. The summed E-state index contributed by atoms with van der Waals surface area (Å²) in [7, 11) is -9.82. The third-order valence-corrected chi connectivity index (χ3v) is 10.2. The predicted octanol–water partition coefficient (Wildman–Crippen LogP) is 8.25. The molecule has 0 amide bonds. The molecular formula is C46H76O16P2. The summed E-state index contributed by atoms with van der Waals surface area (Å²) in [4.78, 5) is 52.7. The molecule has 0 heterocycles. The molecule has 0 aromatic heterocycles. The van der Waals surface area contributed by atoms with Crippen LogP contribution in [0.5, 0.6) is 0 Å². The van der Waals surface area contributed by atoms with E-state index < -0.39 is 84.5 Å². The monoisotopic (exact) mass is 946 g/mol. The summed E-state index contributed by atoms with van der Waals surface area (Å²) in [6.07, 6.45) is 36.4. The number of aliphatic hydroxyl groups is 4. The van der Waals surface area contributed by atoms with Gasteiger partial charge in [0.15, 0.2) is 6.10 Å². The summed E-state index contributed by atoms with van der Waals surface area (Å²) < 4.78 is 47.5. The number of rotatable bonds is 40. The predicted molar refractivity (Wildman–Crippen MR) is 248 cm³/mol. The van der Waals surface area contributed by atoms with E-state index in [0.717, 1.165) is 25.7 Å². The van der Waals surface area contributed by atoms with E-state index in [1.165, 1.54) is 44.6 Å². The number of unbranched alkanes of at least 4 members (excludes halogenated alkanes) is 7. The maximum absolute atomic E-state index is 12.7. The van der Waals surface area contributed by atoms with Crippen LogP contribution in [0.2, 0.25) is 0 Å². The molecule has 0 saturated carbocycles. The average Bonchev–Trinajstić information content (AvgIpc) is 3.24. The standard InChI is InChI=1S/C46H76O16P2/c1-3-5-7-8-9-10-11-12-13-14-15-16-17-18-19-24-28-34-46(52)62-42(39-61-64(56,57)60-37-41(48)36-59-63(53,54)55)38-58-45(51)35-29-33-44(50)43(49)32-27-23-21-20-22-26-31-40(47)30-25-6-4-2/h6,12-13,15-16,18-23,25-27,31-32,40-44,47-50H,3-5,7-11,14,17,24,28-30,33-39H2,1-2H3,(H,56,57)(H2,53,54,55)/b13-12-,16-15-,19-18-,22-20+,23-21-,25-6-,31-26+,32-27-/t40-,41+,42-,43+,44+/m1/s1. The summed E-state index contributed by atoms with van der Waals surface area (Å²) in [5, 5.41) is 40.2. The Hall–Kier alpha value is -3.08. The number of carbonyl (C=O) groups is 2. The van der Waals surface area contributed by atoms with E-state index in [-0.39, 0.29) is 25.7 Å². The van der Waals surface area contributed by atoms with Gasteiger partial charge in [0.25, 0.3) is 0 Å². The highest BCUT2D eigenvalue weighted by Gasteiger charge is 2.28. The van der Waals surface area contributed by atoms with Gasteiger partial charge in [-0.1, -0.05) is 143 Å². The van der Waals surface area contributed by atoms with Crippen LogP contribution in [0.1, 0.15) is 123 Å². The summed E-state index contributed by atoms with van der Waals surface area (Å²) in [6.45, 7) is 1.10. The minimum absolute atomic E-state index is 0.0198. The average molecular weight is 947 g/mol. The first kappa shape index (κ1) is 60.9. The molecule has 0 fully saturated rings. The van der Waals surface area contributed by atoms with Crippen LogP contribution in [0.15, 0.2) is 97.2 Å². The number of phosphoric ester groups is 2. The van der Waals surface area contributed by atoms with Crippen molar-refractivity contribution in [1.29, 1.82) is 0 Å². The normalized spacial score (nSPS) is 16.3. The number of phosphoric acid groups is 2. The van der Waals surface area contributed by atoms with Crippen molar-refractivity contribution in [2.75, 3.05) is 26.4 Å². The number of esters is 2. The summed E-state index contributed by atoms with van der Waals surface area (Å²) >= 11 is 0. The smallest absolute Gasteiger partial charge is 0.462 e. The lowest BCUT2D eigenvalue weighted by atomic mass is 10.1. The summed E-state index contributed by atoms with van der Waals surface area (Å²) in [5.41, 5.74) is 0. The Morgan fingerprint density at radius 2 is 1.14 bits per heavy atom. The molecule has 16 nitrogen and oxygen atoms in total. The molecule has 6 atom stereocenters. The Morgan fingerprint density at radius 1 is 0.578 bits per heavy atom. The lowest BCUT2D eigenvalue weighted by molar-refractivity contribution is -0.161. The Balaban J connectivity index is 4.92. The van der Waals surface area contributed by atoms with E-state index in [1.807, 2.05) is 31.2 Å². The van der Waals surface area contributed by atoms with Crippen LogP contribution in [0, 0.1) is 0 Å². The Bertz CT molecular complexity index is 1550. The number of hydrogen-bond acceptors (Lipinski definition) is 13. The largest absolute Gasteiger partial charge is 0.472 e. The minimum Gasteiger partial charge on any atom is -0.462 e. The molecule has 0 bridgehead atoms. The zero-order chi connectivity index (χ0) is 47.7. The van der Waals surface area contributed by atoms with Gasteiger partial charge in [-0.15, -0.1) is 0 Å². The number of allylic oxidation sites excluding steroid dienone is 13. The Morgan fingerprint density at radius 3 is 1.80 bits per heavy atom. The van der Waals surface area contributed by atoms with Gasteiger partial charge in [-0.3, -0.25) is 23.2 Å². The fourth-order valence-corrected chi connectivity index (χ4v) is 6.45. The second kappa shape index (κ2) is 40.2. The van der Waals surface area contributed by atoms with Gasteiger partial charge < -0.3 is 44.6 Å². The maximum Gasteiger partial charge on any atom is 0.472 e. The van der Waals surface area contributed by atoms with Crippen LogP contribution in [0.3, 0.4) is 0 Å². The fourth-order valence-electron chi connectivity index (χ4n) is 5.29. The van der Waals surface area contributed by atoms with Crippen LogP contribution < -0.4 is 0 Å². The van der Waals surface area contributed by atoms with Gasteiger partial charge in [0.2, 0.25) is 0 Å². The van der Waals surface area contributed by atoms with Crippen molar-refractivity contribution in [1.82, 2.24) is 0 Å². The third-order valence-electron chi connectivity index (χ3n) is 8.79. The van der Waals surface area contributed by atoms with Gasteiger partial charge in [0, 0.05) is 12.8 Å². The van der Waals surface area contributed by atoms with Crippen LogP contribution in [0.25, 0.3) is 0 Å². The third kappa shape index (κ3) is 41.6. The lowest BCUT2D eigenvalue weighted by Gasteiger charge is -2.20. The molecule has 7 N–H and O–H groups in total. The second-order valence-corrected chi connectivity index (χ2v) is 17.5. The molecule has 0 aliphatic rings. The van der Waals surface area contributed by atoms with Crippen LogP contribution in [-0.4, -0.2) is 104 Å². The van der Waals surface area contributed by atoms with Gasteiger partial charge in [-0.2, -0.15) is 0 Å². The van der Waals surface area contributed by atoms with Gasteiger partial charge in [0.05, 0.1) is 38.1 Å². The maximum atomic E-state index is 12.7. The molecule has 0 spiro atoms. The molecule has 0 aromatic carbocycles. The molecule has 0 saturated heterocycles. The molecule has 366 valence electrons. The van der Waals surface area contributed by atoms with Crippen molar-refractivity contribution >= 4 is 27.6 Å². The van der Waals surface area contributed by atoms with Crippen LogP contribution in [-0.2, 0) is 41.8 Å². The van der Waals surface area contributed by atoms with Gasteiger partial charge in [-0.25, -0.2) is 9.13 Å². The van der Waals surface area contributed by atoms with Gasteiger partial charge in [-0.05, 0) is 64.2 Å². The highest BCUT2D eigenvalue weighted by atomic mass is 31.2. The first-order valence-electron chi connectivity index (χ1n) is 22.3. The number of carbonyl (C=O) groups excluding carboxylic acids is 2. The molecular weight excluding hydrogens is 870 g/mol. The second-order valence-electron chi connectivity index (χ2n) is 14.8. The molecule has 0 radical (unpaired) electrons. The van der Waals surface area contributed by atoms with E-state index in [0.29, 0.717) is 19.3 Å². The minimum atomic E-state index is -4.91. The zero-order valence-electron chi connectivity index (χ0n) is 37.7. The van der Waals surface area contributed by atoms with E-state index in [4.69, 9.17) is 23.8 Å². The number of ether oxygens (including phenoxy) is 2. The highest BCUT2D eigenvalue weighted by molar-refractivity contribution is 7.47. The Kier molecular flexibility index (Phi) is 38.3. The molecule has 18 heteroatoms. The SMILES string of the molecule is CC/C=C\C[C@@H](O)/C=C/C=C/C=C\C=C/[C@H](O)[C@@H](O)CCCC(=O)OC[C@H](COP(=O)(O)OC[C@@H](O)COP(=O)(O)O)OC(=O)CCC/C=C\C/C=C\C/C=C\CCCCCCCC. The van der Waals surface area contributed by atoms with Crippen molar-refractivity contribution < 1.29 is 76.9 Å². The van der Waals surface area contributed by atoms with Crippen molar-refractivity contribution in [2.24, 2.45) is 0 Å². The summed E-state index contributed by atoms with van der Waals surface area (Å²) in [5.74, 6) is -1.44. The van der Waals surface area contributed by atoms with Crippen LogP contribution in [0.4, 0.5) is 0 Å². The molecule has 0 aliphatic heterocycles. The van der Waals surface area contributed by atoms with Crippen LogP contribution >= 0.6 is 15.6 Å². The number of aliphatic hydroxyl groups excluding tert-OH is 4. The van der Waals surface area contributed by atoms with E-state index >= 15 is 0 Å². The molecule has 1 unspecified atom stereocenters. The first-order chi connectivity index (χ1) is 30.6.